The molecule has 0 aliphatic carbocycles. The van der Waals surface area contributed by atoms with Crippen molar-refractivity contribution < 1.29 is 13.2 Å². The molecule has 1 atom stereocenters. The summed E-state index contributed by atoms with van der Waals surface area (Å²) in [6, 6.07) is 0.137. The van der Waals surface area contributed by atoms with Gasteiger partial charge in [0.05, 0.1) is 0 Å². The highest BCUT2D eigenvalue weighted by molar-refractivity contribution is 9.10. The van der Waals surface area contributed by atoms with Crippen LogP contribution >= 0.6 is 15.9 Å². The number of nitrogens with zero attached hydrogens (tertiary/aromatic N) is 1. The lowest BCUT2D eigenvalue weighted by Gasteiger charge is -2.21. The van der Waals surface area contributed by atoms with E-state index < -0.39 is 12.2 Å². The quantitative estimate of drug-likeness (QED) is 0.902. The molecule has 17 heavy (non-hydrogen) atoms. The summed E-state index contributed by atoms with van der Waals surface area (Å²) in [6.07, 6.45) is -0.667. The summed E-state index contributed by atoms with van der Waals surface area (Å²) in [4.78, 5) is 3.86. The van der Waals surface area contributed by atoms with E-state index in [1.54, 1.807) is 12.3 Å². The highest BCUT2D eigenvalue weighted by Gasteiger charge is 2.38. The van der Waals surface area contributed by atoms with Crippen LogP contribution < -0.4 is 5.32 Å². The van der Waals surface area contributed by atoms with Gasteiger partial charge in [-0.3, -0.25) is 4.98 Å². The second-order valence-electron chi connectivity index (χ2n) is 3.76. The van der Waals surface area contributed by atoms with Crippen LogP contribution in [-0.2, 0) is 6.42 Å². The lowest BCUT2D eigenvalue weighted by Crippen LogP contribution is -2.44. The summed E-state index contributed by atoms with van der Waals surface area (Å²) in [5.41, 5.74) is 0.560. The van der Waals surface area contributed by atoms with Gasteiger partial charge in [-0.2, -0.15) is 13.2 Å². The maximum Gasteiger partial charge on any atom is 0.404 e. The molecule has 1 unspecified atom stereocenters. The molecule has 0 amide bonds. The topological polar surface area (TPSA) is 24.9 Å². The van der Waals surface area contributed by atoms with Gasteiger partial charge in [-0.1, -0.05) is 6.92 Å². The largest absolute Gasteiger partial charge is 0.404 e. The molecule has 0 bridgehead atoms. The van der Waals surface area contributed by atoms with Crippen molar-refractivity contribution in [3.05, 3.63) is 28.5 Å². The number of aromatic nitrogens is 1. The van der Waals surface area contributed by atoms with Gasteiger partial charge in [-0.15, -0.1) is 0 Å². The van der Waals surface area contributed by atoms with Gasteiger partial charge in [0.25, 0.3) is 0 Å². The van der Waals surface area contributed by atoms with Crippen LogP contribution in [0.25, 0.3) is 0 Å². The van der Waals surface area contributed by atoms with Crippen molar-refractivity contribution >= 4 is 15.9 Å². The van der Waals surface area contributed by atoms with Crippen molar-refractivity contribution in [1.82, 2.24) is 10.3 Å². The normalized spacial score (nSPS) is 13.7. The van der Waals surface area contributed by atoms with E-state index in [4.69, 9.17) is 0 Å². The number of pyridine rings is 1. The minimum absolute atomic E-state index is 0.101. The van der Waals surface area contributed by atoms with Crippen LogP contribution in [0.15, 0.2) is 22.9 Å². The summed E-state index contributed by atoms with van der Waals surface area (Å²) in [6.45, 7) is 2.19. The number of rotatable bonds is 5. The Morgan fingerprint density at radius 1 is 1.41 bits per heavy atom. The average Bonchev–Trinajstić information content (AvgIpc) is 2.22. The van der Waals surface area contributed by atoms with Crippen molar-refractivity contribution in [2.45, 2.75) is 32.0 Å². The van der Waals surface area contributed by atoms with E-state index in [-0.39, 0.29) is 6.42 Å². The van der Waals surface area contributed by atoms with Crippen molar-refractivity contribution in [2.24, 2.45) is 0 Å². The Balaban J connectivity index is 2.72. The second-order valence-corrected chi connectivity index (χ2v) is 4.68. The fourth-order valence-electron chi connectivity index (χ4n) is 1.43. The molecule has 0 aliphatic heterocycles. The highest BCUT2D eigenvalue weighted by atomic mass is 79.9. The summed E-state index contributed by atoms with van der Waals surface area (Å²) >= 11 is 3.19. The van der Waals surface area contributed by atoms with Crippen LogP contribution in [0.4, 0.5) is 13.2 Å². The number of nitrogens with one attached hydrogen (secondary N) is 1. The molecule has 0 radical (unpaired) electrons. The van der Waals surface area contributed by atoms with E-state index in [0.29, 0.717) is 23.0 Å². The minimum atomic E-state index is -4.24. The SMILES string of the molecule is CCCNC(Cc1cncc(Br)c1)C(F)(F)F. The molecule has 1 heterocycles. The van der Waals surface area contributed by atoms with E-state index in [1.807, 2.05) is 6.92 Å². The van der Waals surface area contributed by atoms with E-state index in [2.05, 4.69) is 26.2 Å². The zero-order valence-corrected chi connectivity index (χ0v) is 11.0. The molecule has 1 rings (SSSR count). The van der Waals surface area contributed by atoms with E-state index >= 15 is 0 Å². The summed E-state index contributed by atoms with van der Waals surface area (Å²) in [5, 5.41) is 2.51. The Morgan fingerprint density at radius 3 is 2.65 bits per heavy atom. The molecular formula is C11H14BrF3N2. The van der Waals surface area contributed by atoms with Gasteiger partial charge >= 0.3 is 6.18 Å². The molecular weight excluding hydrogens is 297 g/mol. The van der Waals surface area contributed by atoms with Gasteiger partial charge in [-0.25, -0.2) is 0 Å². The zero-order valence-electron chi connectivity index (χ0n) is 9.39. The Labute approximate surface area is 107 Å². The first-order valence-corrected chi connectivity index (χ1v) is 6.12. The van der Waals surface area contributed by atoms with Crippen molar-refractivity contribution in [3.63, 3.8) is 0 Å². The Morgan fingerprint density at radius 2 is 2.12 bits per heavy atom. The lowest BCUT2D eigenvalue weighted by atomic mass is 10.1. The maximum absolute atomic E-state index is 12.7. The van der Waals surface area contributed by atoms with Crippen LogP contribution in [0, 0.1) is 0 Å². The van der Waals surface area contributed by atoms with E-state index in [0.717, 1.165) is 0 Å². The van der Waals surface area contributed by atoms with Crippen LogP contribution in [0.3, 0.4) is 0 Å². The zero-order chi connectivity index (χ0) is 12.9. The molecule has 6 heteroatoms. The van der Waals surface area contributed by atoms with Gasteiger partial charge in [0.2, 0.25) is 0 Å². The third kappa shape index (κ3) is 5.04. The highest BCUT2D eigenvalue weighted by Crippen LogP contribution is 2.23. The molecule has 0 fully saturated rings. The van der Waals surface area contributed by atoms with Gasteiger partial charge in [0, 0.05) is 16.9 Å². The average molecular weight is 311 g/mol. The molecule has 1 aromatic rings. The van der Waals surface area contributed by atoms with E-state index in [1.165, 1.54) is 6.20 Å². The number of hydrogen-bond acceptors (Lipinski definition) is 2. The van der Waals surface area contributed by atoms with Gasteiger partial charge < -0.3 is 5.32 Å². The Hall–Kier alpha value is -0.620. The summed E-state index contributed by atoms with van der Waals surface area (Å²) in [5.74, 6) is 0. The lowest BCUT2D eigenvalue weighted by molar-refractivity contribution is -0.155. The molecule has 0 spiro atoms. The molecule has 96 valence electrons. The van der Waals surface area contributed by atoms with Gasteiger partial charge in [-0.05, 0) is 46.9 Å². The first-order chi connectivity index (χ1) is 7.93. The number of alkyl halides is 3. The Kier molecular flexibility index (Phi) is 5.39. The molecule has 1 N–H and O–H groups in total. The summed E-state index contributed by atoms with van der Waals surface area (Å²) < 4.78 is 38.9. The third-order valence-electron chi connectivity index (χ3n) is 2.24. The molecule has 2 nitrogen and oxygen atoms in total. The number of hydrogen-bond donors (Lipinski definition) is 1. The van der Waals surface area contributed by atoms with Crippen molar-refractivity contribution in [3.8, 4) is 0 Å². The van der Waals surface area contributed by atoms with Crippen LogP contribution in [0.2, 0.25) is 0 Å². The molecule has 1 aromatic heterocycles. The standard InChI is InChI=1S/C11H14BrF3N2/c1-2-3-17-10(11(13,14)15)5-8-4-9(12)7-16-6-8/h4,6-7,10,17H,2-3,5H2,1H3. The first-order valence-electron chi connectivity index (χ1n) is 5.33. The van der Waals surface area contributed by atoms with Crippen molar-refractivity contribution in [2.75, 3.05) is 6.54 Å². The van der Waals surface area contributed by atoms with Crippen LogP contribution in [0.1, 0.15) is 18.9 Å². The predicted octanol–water partition coefficient (Wildman–Crippen LogP) is 3.32. The van der Waals surface area contributed by atoms with Gasteiger partial charge in [0.1, 0.15) is 6.04 Å². The monoisotopic (exact) mass is 310 g/mol. The smallest absolute Gasteiger partial charge is 0.306 e. The summed E-state index contributed by atoms with van der Waals surface area (Å²) in [7, 11) is 0. The van der Waals surface area contributed by atoms with Crippen molar-refractivity contribution in [1.29, 1.82) is 0 Å². The number of halogens is 4. The van der Waals surface area contributed by atoms with Crippen LogP contribution in [-0.4, -0.2) is 23.7 Å². The fourth-order valence-corrected chi connectivity index (χ4v) is 1.84. The van der Waals surface area contributed by atoms with E-state index in [9.17, 15) is 13.2 Å². The first kappa shape index (κ1) is 14.4. The maximum atomic E-state index is 12.7. The Bertz CT molecular complexity index is 355. The molecule has 0 saturated carbocycles. The minimum Gasteiger partial charge on any atom is -0.306 e. The predicted molar refractivity (Wildman–Crippen MR) is 63.8 cm³/mol. The van der Waals surface area contributed by atoms with Crippen LogP contribution in [0.5, 0.6) is 0 Å². The van der Waals surface area contributed by atoms with Gasteiger partial charge in [0.15, 0.2) is 0 Å². The molecule has 0 aliphatic rings. The second kappa shape index (κ2) is 6.35. The molecule has 0 saturated heterocycles. The third-order valence-corrected chi connectivity index (χ3v) is 2.67. The molecule has 0 aromatic carbocycles. The fraction of sp³-hybridized carbons (Fsp3) is 0.545.